The second-order valence-electron chi connectivity index (χ2n) is 14.3. The van der Waals surface area contributed by atoms with Crippen molar-refractivity contribution < 1.29 is 72.8 Å². The number of fused-ring (bicyclic) bond motifs is 5. The number of ether oxygens (including phenoxy) is 7. The van der Waals surface area contributed by atoms with Gasteiger partial charge in [0, 0.05) is 26.4 Å². The molecule has 0 radical (unpaired) electrons. The molecule has 4 aliphatic rings. The first-order valence-corrected chi connectivity index (χ1v) is 17.9. The standard InChI is InChI=1S/C36H48ClN3O15/c1-16-8-7-9-24(50-6)36(48)14-22(53-34(47)39-36)17(2)31-35(4,55-31)25(51-18(3)42)13-26(43)40(20-11-19(10-16)12-21(49-5)27(20)37)32-29(45)28(44)30(54-33(38)46)23(15-41)52-32/h7-9,11-12,17,22-25,28-32,41,44-45,48H,10,13-15H2,1-6H3,(H2,38,46)(H,39,47). The number of hydrogen-bond acceptors (Lipinski definition) is 15. The first-order chi connectivity index (χ1) is 25.9. The summed E-state index contributed by atoms with van der Waals surface area (Å²) < 4.78 is 39.5. The van der Waals surface area contributed by atoms with Crippen LogP contribution in [-0.4, -0.2) is 132 Å². The number of alkyl carbamates (subject to hydrolysis) is 1. The smallest absolute Gasteiger partial charge is 0.409 e. The molecule has 18 nitrogen and oxygen atoms in total. The van der Waals surface area contributed by atoms with Gasteiger partial charge in [0.25, 0.3) is 0 Å². The van der Waals surface area contributed by atoms with Crippen LogP contribution in [0.1, 0.15) is 46.1 Å². The molecule has 0 aliphatic carbocycles. The zero-order valence-electron chi connectivity index (χ0n) is 31.2. The number of benzene rings is 1. The number of anilines is 1. The van der Waals surface area contributed by atoms with Crippen LogP contribution < -0.4 is 20.7 Å². The normalized spacial score (nSPS) is 36.8. The fraction of sp³-hybridized carbons (Fsp3) is 0.611. The van der Waals surface area contributed by atoms with E-state index in [1.54, 1.807) is 38.1 Å². The molecule has 0 saturated carbocycles. The van der Waals surface area contributed by atoms with Crippen molar-refractivity contribution in [3.8, 4) is 5.75 Å². The lowest BCUT2D eigenvalue weighted by molar-refractivity contribution is -0.227. The van der Waals surface area contributed by atoms with Gasteiger partial charge in [-0.15, -0.1) is 0 Å². The zero-order valence-corrected chi connectivity index (χ0v) is 31.9. The number of epoxide rings is 1. The maximum Gasteiger partial charge on any atom is 0.409 e. The summed E-state index contributed by atoms with van der Waals surface area (Å²) in [5.74, 6) is -2.12. The monoisotopic (exact) mass is 797 g/mol. The van der Waals surface area contributed by atoms with Gasteiger partial charge in [0.2, 0.25) is 5.91 Å². The quantitative estimate of drug-likeness (QED) is 0.133. The fourth-order valence-electron chi connectivity index (χ4n) is 7.54. The van der Waals surface area contributed by atoms with Crippen LogP contribution >= 0.6 is 11.6 Å². The molecular weight excluding hydrogens is 750 g/mol. The molecule has 1 aromatic rings. The lowest BCUT2D eigenvalue weighted by atomic mass is 9.83. The van der Waals surface area contributed by atoms with Crippen LogP contribution in [0.5, 0.6) is 5.75 Å². The summed E-state index contributed by atoms with van der Waals surface area (Å²) in [5, 5.41) is 46.9. The maximum absolute atomic E-state index is 14.8. The summed E-state index contributed by atoms with van der Waals surface area (Å²) in [6.45, 7) is 5.44. The minimum atomic E-state index is -1.98. The van der Waals surface area contributed by atoms with Crippen molar-refractivity contribution in [3.63, 3.8) is 0 Å². The van der Waals surface area contributed by atoms with Gasteiger partial charge in [-0.25, -0.2) is 9.59 Å². The zero-order chi connectivity index (χ0) is 40.6. The number of nitrogens with one attached hydrogen (secondary N) is 1. The minimum absolute atomic E-state index is 0.0497. The molecule has 55 heavy (non-hydrogen) atoms. The molecule has 4 aliphatic heterocycles. The van der Waals surface area contributed by atoms with Crippen molar-refractivity contribution in [2.45, 2.75) is 113 Å². The molecule has 19 heteroatoms. The van der Waals surface area contributed by atoms with Gasteiger partial charge in [0.15, 0.2) is 18.1 Å². The average Bonchev–Trinajstić information content (AvgIpc) is 3.81. The Bertz CT molecular complexity index is 1710. The van der Waals surface area contributed by atoms with E-state index in [1.165, 1.54) is 20.3 Å². The van der Waals surface area contributed by atoms with Crippen molar-refractivity contribution in [3.05, 3.63) is 46.5 Å². The Morgan fingerprint density at radius 2 is 1.87 bits per heavy atom. The molecule has 0 spiro atoms. The van der Waals surface area contributed by atoms with E-state index in [4.69, 9.17) is 50.5 Å². The largest absolute Gasteiger partial charge is 0.495 e. The highest BCUT2D eigenvalue weighted by Crippen LogP contribution is 2.49. The number of allylic oxidation sites excluding steroid dienone is 3. The van der Waals surface area contributed by atoms with Gasteiger partial charge >= 0.3 is 18.2 Å². The van der Waals surface area contributed by atoms with Crippen LogP contribution in [0.3, 0.4) is 0 Å². The number of amides is 3. The number of aliphatic hydroxyl groups excluding tert-OH is 3. The Morgan fingerprint density at radius 3 is 2.49 bits per heavy atom. The highest BCUT2D eigenvalue weighted by Gasteiger charge is 2.64. The Labute approximate surface area is 322 Å². The molecule has 12 atom stereocenters. The van der Waals surface area contributed by atoms with E-state index >= 15 is 0 Å². The highest BCUT2D eigenvalue weighted by atomic mass is 35.5. The van der Waals surface area contributed by atoms with Crippen LogP contribution in [0.4, 0.5) is 15.3 Å². The highest BCUT2D eigenvalue weighted by molar-refractivity contribution is 6.35. The molecule has 5 rings (SSSR count). The second kappa shape index (κ2) is 16.6. The molecule has 304 valence electrons. The first kappa shape index (κ1) is 42.1. The van der Waals surface area contributed by atoms with Gasteiger partial charge in [-0.1, -0.05) is 42.3 Å². The van der Waals surface area contributed by atoms with E-state index in [2.05, 4.69) is 5.32 Å². The van der Waals surface area contributed by atoms with E-state index in [-0.39, 0.29) is 29.3 Å². The van der Waals surface area contributed by atoms with Gasteiger partial charge in [-0.05, 0) is 38.0 Å². The molecule has 0 aromatic heterocycles. The van der Waals surface area contributed by atoms with Crippen LogP contribution in [-0.2, 0) is 44.4 Å². The predicted molar refractivity (Wildman–Crippen MR) is 191 cm³/mol. The van der Waals surface area contributed by atoms with Crippen molar-refractivity contribution in [1.82, 2.24) is 5.32 Å². The van der Waals surface area contributed by atoms with Gasteiger partial charge in [-0.3, -0.25) is 19.8 Å². The van der Waals surface area contributed by atoms with Crippen LogP contribution in [0, 0.1) is 5.92 Å². The Kier molecular flexibility index (Phi) is 12.7. The van der Waals surface area contributed by atoms with Gasteiger partial charge in [-0.2, -0.15) is 0 Å². The molecule has 7 N–H and O–H groups in total. The van der Waals surface area contributed by atoms with Crippen molar-refractivity contribution in [2.75, 3.05) is 25.7 Å². The van der Waals surface area contributed by atoms with Gasteiger partial charge in [0.1, 0.15) is 53.0 Å². The lowest BCUT2D eigenvalue weighted by Crippen LogP contribution is -2.65. The van der Waals surface area contributed by atoms with Gasteiger partial charge < -0.3 is 59.3 Å². The van der Waals surface area contributed by atoms with Crippen molar-refractivity contribution >= 4 is 41.4 Å². The number of esters is 1. The topological polar surface area (TPSA) is 258 Å². The molecule has 12 unspecified atom stereocenters. The number of methoxy groups -OCH3 is 2. The number of aliphatic hydroxyl groups is 4. The van der Waals surface area contributed by atoms with Crippen molar-refractivity contribution in [2.24, 2.45) is 11.7 Å². The number of halogens is 1. The maximum atomic E-state index is 14.8. The third-order valence-corrected chi connectivity index (χ3v) is 10.8. The number of carbonyl (C=O) groups excluding carboxylic acids is 4. The van der Waals surface area contributed by atoms with E-state index in [1.807, 2.05) is 6.92 Å². The summed E-state index contributed by atoms with van der Waals surface area (Å²) in [4.78, 5) is 52.7. The molecule has 3 fully saturated rings. The van der Waals surface area contributed by atoms with E-state index in [0.717, 1.165) is 17.4 Å². The minimum Gasteiger partial charge on any atom is -0.495 e. The SMILES string of the molecule is COc1cc2cc(c1Cl)N(C1OC(CO)C(OC(N)=O)C(O)C1O)C(=O)CC(OC(C)=O)C1(C)OC1C(C)C1CC(O)(NC(=O)O1)C(OC)C=CC=C(C)C2. The average molecular weight is 798 g/mol. The number of hydrogen-bond donors (Lipinski definition) is 6. The number of nitrogens with zero attached hydrogens (tertiary/aromatic N) is 1. The third kappa shape index (κ3) is 8.71. The molecule has 3 amide bonds. The summed E-state index contributed by atoms with van der Waals surface area (Å²) >= 11 is 6.88. The van der Waals surface area contributed by atoms with Crippen LogP contribution in [0.25, 0.3) is 0 Å². The Morgan fingerprint density at radius 1 is 1.16 bits per heavy atom. The summed E-state index contributed by atoms with van der Waals surface area (Å²) in [6.07, 6.45) is -10.5. The first-order valence-electron chi connectivity index (χ1n) is 17.6. The molecule has 1 aromatic carbocycles. The van der Waals surface area contributed by atoms with E-state index in [0.29, 0.717) is 5.56 Å². The Hall–Kier alpha value is -4.01. The predicted octanol–water partition coefficient (Wildman–Crippen LogP) is 0.961. The lowest BCUT2D eigenvalue weighted by Gasteiger charge is -2.45. The number of nitrogens with two attached hydrogens (primary N) is 1. The molecular formula is C36H48ClN3O15. The molecule has 4 heterocycles. The van der Waals surface area contributed by atoms with E-state index in [9.17, 15) is 39.6 Å². The Balaban J connectivity index is 1.67. The summed E-state index contributed by atoms with van der Waals surface area (Å²) in [5.41, 5.74) is 3.20. The number of rotatable bonds is 6. The number of carbonyl (C=O) groups is 4. The second-order valence-corrected chi connectivity index (χ2v) is 14.7. The van der Waals surface area contributed by atoms with Crippen molar-refractivity contribution in [1.29, 1.82) is 0 Å². The number of primary amides is 1. The summed E-state index contributed by atoms with van der Waals surface area (Å²) in [7, 11) is 2.74. The molecule has 4 bridgehead atoms. The fourth-order valence-corrected chi connectivity index (χ4v) is 7.81. The van der Waals surface area contributed by atoms with E-state index < -0.39 is 109 Å². The van der Waals surface area contributed by atoms with Gasteiger partial charge in [0.05, 0.1) is 31.9 Å². The van der Waals surface area contributed by atoms with Crippen LogP contribution in [0.15, 0.2) is 35.9 Å². The third-order valence-electron chi connectivity index (χ3n) is 10.4. The summed E-state index contributed by atoms with van der Waals surface area (Å²) in [6, 6.07) is 3.17. The van der Waals surface area contributed by atoms with Crippen LogP contribution in [0.2, 0.25) is 5.02 Å². The molecule has 3 saturated heterocycles.